The van der Waals surface area contributed by atoms with Crippen LogP contribution in [0.5, 0.6) is 0 Å². The number of thiophene rings is 1. The fourth-order valence-electron chi connectivity index (χ4n) is 3.08. The number of rotatable bonds is 3. The maximum Gasteiger partial charge on any atom is 0.227 e. The minimum Gasteiger partial charge on any atom is -0.340 e. The monoisotopic (exact) mass is 328 g/mol. The first-order chi connectivity index (χ1) is 10.0. The van der Waals surface area contributed by atoms with E-state index in [4.69, 9.17) is 0 Å². The Morgan fingerprint density at radius 3 is 2.62 bits per heavy atom. The number of amides is 1. The third-order valence-corrected chi connectivity index (χ3v) is 6.81. The number of sulfone groups is 1. The van der Waals surface area contributed by atoms with Gasteiger partial charge in [0, 0.05) is 32.2 Å². The van der Waals surface area contributed by atoms with Gasteiger partial charge in [-0.05, 0) is 28.8 Å². The van der Waals surface area contributed by atoms with Gasteiger partial charge in [-0.3, -0.25) is 9.69 Å². The predicted octanol–water partition coefficient (Wildman–Crippen LogP) is 0.622. The maximum absolute atomic E-state index is 12.2. The minimum absolute atomic E-state index is 0.157. The average molecular weight is 328 g/mol. The van der Waals surface area contributed by atoms with E-state index in [0.717, 1.165) is 25.1 Å². The van der Waals surface area contributed by atoms with E-state index >= 15 is 0 Å². The van der Waals surface area contributed by atoms with Crippen molar-refractivity contribution >= 4 is 27.1 Å². The summed E-state index contributed by atoms with van der Waals surface area (Å²) in [5.74, 6) is 0.775. The van der Waals surface area contributed by atoms with Gasteiger partial charge in [0.15, 0.2) is 9.84 Å². The Balaban J connectivity index is 1.50. The zero-order valence-corrected chi connectivity index (χ0v) is 13.5. The molecule has 0 aliphatic carbocycles. The van der Waals surface area contributed by atoms with E-state index in [1.54, 1.807) is 11.3 Å². The lowest BCUT2D eigenvalue weighted by molar-refractivity contribution is -0.132. The fraction of sp³-hybridized carbons (Fsp3) is 0.643. The van der Waals surface area contributed by atoms with Gasteiger partial charge in [-0.15, -0.1) is 0 Å². The van der Waals surface area contributed by atoms with Crippen molar-refractivity contribution in [2.24, 2.45) is 0 Å². The second-order valence-electron chi connectivity index (χ2n) is 5.78. The molecule has 0 aromatic carbocycles. The molecule has 2 aliphatic heterocycles. The highest BCUT2D eigenvalue weighted by Crippen LogP contribution is 2.19. The molecule has 0 saturated carbocycles. The lowest BCUT2D eigenvalue weighted by atomic mass is 10.1. The topological polar surface area (TPSA) is 57.7 Å². The van der Waals surface area contributed by atoms with E-state index in [-0.39, 0.29) is 17.7 Å². The highest BCUT2D eigenvalue weighted by Gasteiger charge is 2.34. The number of carbonyl (C=O) groups is 1. The third-order valence-electron chi connectivity index (χ3n) is 4.33. The molecule has 7 heteroatoms. The number of hydrogen-bond acceptors (Lipinski definition) is 5. The molecule has 1 amide bonds. The molecular formula is C14H20N2O3S2. The van der Waals surface area contributed by atoms with Crippen molar-refractivity contribution < 1.29 is 13.2 Å². The highest BCUT2D eigenvalue weighted by molar-refractivity contribution is 7.91. The Morgan fingerprint density at radius 1 is 1.29 bits per heavy atom. The second kappa shape index (κ2) is 6.06. The molecule has 0 radical (unpaired) electrons. The van der Waals surface area contributed by atoms with Gasteiger partial charge >= 0.3 is 0 Å². The molecule has 21 heavy (non-hydrogen) atoms. The van der Waals surface area contributed by atoms with E-state index in [2.05, 4.69) is 4.90 Å². The lowest BCUT2D eigenvalue weighted by Crippen LogP contribution is -2.52. The van der Waals surface area contributed by atoms with Crippen molar-refractivity contribution in [2.75, 3.05) is 37.7 Å². The molecule has 0 spiro atoms. The molecule has 116 valence electrons. The molecule has 2 fully saturated rings. The van der Waals surface area contributed by atoms with E-state index in [1.807, 2.05) is 21.7 Å². The van der Waals surface area contributed by atoms with Crippen molar-refractivity contribution in [3.63, 3.8) is 0 Å². The number of piperazine rings is 1. The molecule has 3 heterocycles. The van der Waals surface area contributed by atoms with Gasteiger partial charge in [0.1, 0.15) is 0 Å². The highest BCUT2D eigenvalue weighted by atomic mass is 32.2. The van der Waals surface area contributed by atoms with Crippen LogP contribution in [0.2, 0.25) is 0 Å². The van der Waals surface area contributed by atoms with Gasteiger partial charge in [0.05, 0.1) is 17.9 Å². The van der Waals surface area contributed by atoms with Crippen molar-refractivity contribution in [3.8, 4) is 0 Å². The smallest absolute Gasteiger partial charge is 0.227 e. The van der Waals surface area contributed by atoms with Crippen LogP contribution in [0.15, 0.2) is 16.8 Å². The number of nitrogens with zero attached hydrogens (tertiary/aromatic N) is 2. The average Bonchev–Trinajstić information content (AvgIpc) is 3.08. The van der Waals surface area contributed by atoms with Gasteiger partial charge in [0.25, 0.3) is 0 Å². The molecule has 5 nitrogen and oxygen atoms in total. The molecule has 1 atom stereocenters. The van der Waals surface area contributed by atoms with Crippen molar-refractivity contribution in [3.05, 3.63) is 22.4 Å². The number of carbonyl (C=O) groups excluding carboxylic acids is 1. The molecule has 2 saturated heterocycles. The van der Waals surface area contributed by atoms with Crippen LogP contribution in [0.25, 0.3) is 0 Å². The minimum atomic E-state index is -2.83. The van der Waals surface area contributed by atoms with Crippen molar-refractivity contribution in [2.45, 2.75) is 18.9 Å². The Labute approximate surface area is 129 Å². The first-order valence-corrected chi connectivity index (χ1v) is 10.0. The van der Waals surface area contributed by atoms with E-state index in [9.17, 15) is 13.2 Å². The summed E-state index contributed by atoms with van der Waals surface area (Å²) < 4.78 is 23.1. The van der Waals surface area contributed by atoms with Gasteiger partial charge in [-0.1, -0.05) is 0 Å². The summed E-state index contributed by atoms with van der Waals surface area (Å²) in [5, 5.41) is 4.00. The summed E-state index contributed by atoms with van der Waals surface area (Å²) in [6.07, 6.45) is 1.21. The van der Waals surface area contributed by atoms with Crippen LogP contribution in [0.1, 0.15) is 12.0 Å². The van der Waals surface area contributed by atoms with Crippen LogP contribution in [0.4, 0.5) is 0 Å². The molecule has 1 unspecified atom stereocenters. The van der Waals surface area contributed by atoms with Gasteiger partial charge < -0.3 is 4.90 Å². The molecular weight excluding hydrogens is 308 g/mol. The van der Waals surface area contributed by atoms with Crippen LogP contribution >= 0.6 is 11.3 Å². The molecule has 2 aliphatic rings. The molecule has 1 aromatic rings. The van der Waals surface area contributed by atoms with Crippen LogP contribution in [0, 0.1) is 0 Å². The van der Waals surface area contributed by atoms with Crippen LogP contribution in [0.3, 0.4) is 0 Å². The van der Waals surface area contributed by atoms with Gasteiger partial charge in [-0.2, -0.15) is 11.3 Å². The van der Waals surface area contributed by atoms with Crippen LogP contribution < -0.4 is 0 Å². The van der Waals surface area contributed by atoms with E-state index < -0.39 is 9.84 Å². The summed E-state index contributed by atoms with van der Waals surface area (Å²) in [6, 6.07) is 2.14. The lowest BCUT2D eigenvalue weighted by Gasteiger charge is -2.37. The summed E-state index contributed by atoms with van der Waals surface area (Å²) in [7, 11) is -2.83. The van der Waals surface area contributed by atoms with Crippen LogP contribution in [-0.4, -0.2) is 67.9 Å². The van der Waals surface area contributed by atoms with E-state index in [0.29, 0.717) is 25.3 Å². The normalized spacial score (nSPS) is 26.1. The van der Waals surface area contributed by atoms with E-state index in [1.165, 1.54) is 0 Å². The maximum atomic E-state index is 12.2. The molecule has 3 rings (SSSR count). The van der Waals surface area contributed by atoms with Crippen molar-refractivity contribution in [1.29, 1.82) is 0 Å². The quantitative estimate of drug-likeness (QED) is 0.816. The third kappa shape index (κ3) is 3.64. The Kier molecular flexibility index (Phi) is 4.33. The first kappa shape index (κ1) is 15.0. The predicted molar refractivity (Wildman–Crippen MR) is 83.2 cm³/mol. The van der Waals surface area contributed by atoms with Gasteiger partial charge in [0.2, 0.25) is 5.91 Å². The number of hydrogen-bond donors (Lipinski definition) is 0. The summed E-state index contributed by atoms with van der Waals surface area (Å²) >= 11 is 1.61. The summed E-state index contributed by atoms with van der Waals surface area (Å²) in [6.45, 7) is 2.99. The SMILES string of the molecule is O=C(Cc1ccsc1)N1CCN(C2CCS(=O)(=O)C2)CC1. The second-order valence-corrected chi connectivity index (χ2v) is 8.79. The molecule has 1 aromatic heterocycles. The Hall–Kier alpha value is -0.920. The van der Waals surface area contributed by atoms with Crippen LogP contribution in [-0.2, 0) is 21.1 Å². The fourth-order valence-corrected chi connectivity index (χ4v) is 5.51. The first-order valence-electron chi connectivity index (χ1n) is 7.27. The zero-order valence-electron chi connectivity index (χ0n) is 11.9. The molecule has 0 bridgehead atoms. The molecule has 0 N–H and O–H groups in total. The summed E-state index contributed by atoms with van der Waals surface area (Å²) in [4.78, 5) is 16.3. The Bertz CT molecular complexity index is 590. The standard InChI is InChI=1S/C14H20N2O3S2/c17-14(9-12-1-7-20-10-12)16-5-3-15(4-6-16)13-2-8-21(18,19)11-13/h1,7,10,13H,2-6,8-9,11H2. The van der Waals surface area contributed by atoms with Crippen molar-refractivity contribution in [1.82, 2.24) is 9.80 Å². The zero-order chi connectivity index (χ0) is 14.9. The largest absolute Gasteiger partial charge is 0.340 e. The Morgan fingerprint density at radius 2 is 2.05 bits per heavy atom. The van der Waals surface area contributed by atoms with Gasteiger partial charge in [-0.25, -0.2) is 8.42 Å². The summed E-state index contributed by atoms with van der Waals surface area (Å²) in [5.41, 5.74) is 1.08.